The smallest absolute Gasteiger partial charge is 0.273 e. The number of nitrogen functional groups attached to an aromatic ring is 1. The molecule has 5 N–H and O–H groups in total. The van der Waals surface area contributed by atoms with Gasteiger partial charge < -0.3 is 16.8 Å². The summed E-state index contributed by atoms with van der Waals surface area (Å²) >= 11 is 0. The maximum absolute atomic E-state index is 13.4. The van der Waals surface area contributed by atoms with E-state index in [0.29, 0.717) is 0 Å². The molecule has 0 unspecified atom stereocenters. The second kappa shape index (κ2) is 6.44. The van der Waals surface area contributed by atoms with Crippen molar-refractivity contribution in [2.45, 2.75) is 18.6 Å². The first-order chi connectivity index (χ1) is 9.97. The number of carbonyl (C=O) groups excluding carboxylic acids is 2. The Balaban J connectivity index is 1.94. The van der Waals surface area contributed by atoms with Crippen LogP contribution in [0, 0.1) is 0 Å². The number of hydrogen-bond acceptors (Lipinski definition) is 6. The molecule has 21 heavy (non-hydrogen) atoms. The molecule has 1 aliphatic rings. The molecule has 1 aromatic rings. The monoisotopic (exact) mass is 296 g/mol. The number of carbonyl (C=O) groups is 2. The van der Waals surface area contributed by atoms with Gasteiger partial charge in [-0.05, 0) is 6.42 Å². The number of primary amides is 1. The standard InChI is InChI=1S/C12H17FN6O2/c13-7-3-8(19(5-7)6-9(14)20)4-18-12(21)10-11(15)17-2-1-16-10/h1-2,7-8H,3-6H2,(H2,14,20)(H2,15,17)(H,18,21)/t7-,8-/m0/s1. The van der Waals surface area contributed by atoms with Crippen molar-refractivity contribution in [2.24, 2.45) is 5.73 Å². The third-order valence-electron chi connectivity index (χ3n) is 3.28. The first kappa shape index (κ1) is 15.1. The first-order valence-electron chi connectivity index (χ1n) is 6.48. The Labute approximate surface area is 120 Å². The van der Waals surface area contributed by atoms with Gasteiger partial charge in [-0.1, -0.05) is 0 Å². The molecule has 0 aliphatic carbocycles. The molecule has 0 spiro atoms. The fourth-order valence-electron chi connectivity index (χ4n) is 2.35. The Morgan fingerprint density at radius 3 is 2.81 bits per heavy atom. The predicted octanol–water partition coefficient (Wildman–Crippen LogP) is -1.31. The fraction of sp³-hybridized carbons (Fsp3) is 0.500. The van der Waals surface area contributed by atoms with Crippen LogP contribution in [0.25, 0.3) is 0 Å². The normalized spacial score (nSPS) is 22.1. The van der Waals surface area contributed by atoms with Crippen LogP contribution in [0.4, 0.5) is 10.2 Å². The summed E-state index contributed by atoms with van der Waals surface area (Å²) in [5, 5.41) is 2.62. The highest BCUT2D eigenvalue weighted by atomic mass is 19.1. The van der Waals surface area contributed by atoms with Gasteiger partial charge in [0.1, 0.15) is 6.17 Å². The molecule has 9 heteroatoms. The highest BCUT2D eigenvalue weighted by Gasteiger charge is 2.33. The molecule has 114 valence electrons. The molecule has 1 fully saturated rings. The lowest BCUT2D eigenvalue weighted by Gasteiger charge is -2.22. The van der Waals surface area contributed by atoms with Crippen LogP contribution in [-0.4, -0.2) is 58.5 Å². The van der Waals surface area contributed by atoms with E-state index in [1.165, 1.54) is 12.4 Å². The molecule has 0 saturated carbocycles. The van der Waals surface area contributed by atoms with Gasteiger partial charge >= 0.3 is 0 Å². The van der Waals surface area contributed by atoms with Gasteiger partial charge in [0.05, 0.1) is 6.54 Å². The van der Waals surface area contributed by atoms with E-state index in [0.717, 1.165) is 0 Å². The third kappa shape index (κ3) is 3.85. The zero-order valence-corrected chi connectivity index (χ0v) is 11.3. The van der Waals surface area contributed by atoms with Crippen LogP contribution in [0.5, 0.6) is 0 Å². The lowest BCUT2D eigenvalue weighted by Crippen LogP contribution is -2.43. The van der Waals surface area contributed by atoms with E-state index in [1.807, 2.05) is 0 Å². The maximum Gasteiger partial charge on any atom is 0.273 e. The van der Waals surface area contributed by atoms with Crippen LogP contribution in [0.15, 0.2) is 12.4 Å². The number of alkyl halides is 1. The van der Waals surface area contributed by atoms with E-state index in [1.54, 1.807) is 4.90 Å². The number of aromatic nitrogens is 2. The molecule has 1 aromatic heterocycles. The minimum Gasteiger partial charge on any atom is -0.382 e. The first-order valence-corrected chi connectivity index (χ1v) is 6.48. The third-order valence-corrected chi connectivity index (χ3v) is 3.28. The Kier molecular flexibility index (Phi) is 4.63. The van der Waals surface area contributed by atoms with Crippen LogP contribution in [0.3, 0.4) is 0 Å². The highest BCUT2D eigenvalue weighted by Crippen LogP contribution is 2.19. The fourth-order valence-corrected chi connectivity index (χ4v) is 2.35. The van der Waals surface area contributed by atoms with Gasteiger partial charge in [0.25, 0.3) is 5.91 Å². The number of amides is 2. The van der Waals surface area contributed by atoms with Crippen molar-refractivity contribution in [3.05, 3.63) is 18.1 Å². The number of halogens is 1. The molecule has 2 atom stereocenters. The van der Waals surface area contributed by atoms with Crippen molar-refractivity contribution in [3.8, 4) is 0 Å². The van der Waals surface area contributed by atoms with Crippen molar-refractivity contribution in [1.29, 1.82) is 0 Å². The Morgan fingerprint density at radius 1 is 1.43 bits per heavy atom. The summed E-state index contributed by atoms with van der Waals surface area (Å²) in [5.41, 5.74) is 10.7. The van der Waals surface area contributed by atoms with Crippen molar-refractivity contribution in [3.63, 3.8) is 0 Å². The van der Waals surface area contributed by atoms with Crippen molar-refractivity contribution < 1.29 is 14.0 Å². The number of nitrogens with two attached hydrogens (primary N) is 2. The predicted molar refractivity (Wildman–Crippen MR) is 72.8 cm³/mol. The second-order valence-electron chi connectivity index (χ2n) is 4.88. The van der Waals surface area contributed by atoms with E-state index >= 15 is 0 Å². The number of likely N-dealkylation sites (tertiary alicyclic amines) is 1. The van der Waals surface area contributed by atoms with Crippen LogP contribution in [0.1, 0.15) is 16.9 Å². The lowest BCUT2D eigenvalue weighted by molar-refractivity contribution is -0.119. The molecule has 1 saturated heterocycles. The topological polar surface area (TPSA) is 127 Å². The van der Waals surface area contributed by atoms with E-state index in [9.17, 15) is 14.0 Å². The van der Waals surface area contributed by atoms with Gasteiger partial charge in [-0.2, -0.15) is 0 Å². The number of anilines is 1. The summed E-state index contributed by atoms with van der Waals surface area (Å²) in [7, 11) is 0. The number of hydrogen-bond donors (Lipinski definition) is 3. The average molecular weight is 296 g/mol. The van der Waals surface area contributed by atoms with Crippen LogP contribution < -0.4 is 16.8 Å². The number of nitrogens with one attached hydrogen (secondary N) is 1. The van der Waals surface area contributed by atoms with E-state index in [2.05, 4.69) is 15.3 Å². The van der Waals surface area contributed by atoms with Crippen LogP contribution >= 0.6 is 0 Å². The Bertz CT molecular complexity index is 540. The van der Waals surface area contributed by atoms with Gasteiger partial charge in [-0.25, -0.2) is 14.4 Å². The number of rotatable bonds is 5. The van der Waals surface area contributed by atoms with Crippen LogP contribution in [-0.2, 0) is 4.79 Å². The summed E-state index contributed by atoms with van der Waals surface area (Å²) in [4.78, 5) is 32.1. The molecule has 2 amide bonds. The SMILES string of the molecule is NC(=O)CN1C[C@@H](F)C[C@H]1CNC(=O)c1nccnc1N. The molecule has 0 aromatic carbocycles. The molecule has 2 heterocycles. The van der Waals surface area contributed by atoms with Crippen molar-refractivity contribution in [1.82, 2.24) is 20.2 Å². The molecule has 0 radical (unpaired) electrons. The van der Waals surface area contributed by atoms with Gasteiger partial charge in [0.15, 0.2) is 11.5 Å². The largest absolute Gasteiger partial charge is 0.382 e. The average Bonchev–Trinajstić information content (AvgIpc) is 2.75. The zero-order valence-electron chi connectivity index (χ0n) is 11.3. The Hall–Kier alpha value is -2.29. The summed E-state index contributed by atoms with van der Waals surface area (Å²) in [5.74, 6) is -0.987. The molecule has 1 aliphatic heterocycles. The lowest BCUT2D eigenvalue weighted by atomic mass is 10.2. The Morgan fingerprint density at radius 2 is 2.14 bits per heavy atom. The second-order valence-corrected chi connectivity index (χ2v) is 4.88. The van der Waals surface area contributed by atoms with E-state index in [4.69, 9.17) is 11.5 Å². The minimum absolute atomic E-state index is 0.0220. The van der Waals surface area contributed by atoms with Crippen LogP contribution in [0.2, 0.25) is 0 Å². The summed E-state index contributed by atoms with van der Waals surface area (Å²) < 4.78 is 13.4. The molecule has 2 rings (SSSR count). The van der Waals surface area contributed by atoms with Gasteiger partial charge in [0.2, 0.25) is 5.91 Å². The summed E-state index contributed by atoms with van der Waals surface area (Å²) in [6.07, 6.45) is 1.94. The molecular weight excluding hydrogens is 279 g/mol. The summed E-state index contributed by atoms with van der Waals surface area (Å²) in [6.45, 7) is 0.285. The van der Waals surface area contributed by atoms with Gasteiger partial charge in [-0.3, -0.25) is 14.5 Å². The quantitative estimate of drug-likeness (QED) is 0.619. The molecule has 8 nitrogen and oxygen atoms in total. The van der Waals surface area contributed by atoms with Crippen molar-refractivity contribution >= 4 is 17.6 Å². The number of nitrogens with zero attached hydrogens (tertiary/aromatic N) is 3. The van der Waals surface area contributed by atoms with Crippen molar-refractivity contribution in [2.75, 3.05) is 25.4 Å². The summed E-state index contributed by atoms with van der Waals surface area (Å²) in [6, 6.07) is -0.283. The molecule has 0 bridgehead atoms. The zero-order chi connectivity index (χ0) is 15.4. The highest BCUT2D eigenvalue weighted by molar-refractivity contribution is 5.96. The van der Waals surface area contributed by atoms with Gasteiger partial charge in [0, 0.05) is 31.5 Å². The van der Waals surface area contributed by atoms with E-state index in [-0.39, 0.29) is 43.6 Å². The van der Waals surface area contributed by atoms with E-state index < -0.39 is 18.0 Å². The minimum atomic E-state index is -1.03. The molecular formula is C12H17FN6O2. The van der Waals surface area contributed by atoms with Gasteiger partial charge in [-0.15, -0.1) is 0 Å². The maximum atomic E-state index is 13.4.